The third-order valence-corrected chi connectivity index (χ3v) is 3.74. The van der Waals surface area contributed by atoms with E-state index in [9.17, 15) is 22.4 Å². The van der Waals surface area contributed by atoms with Gasteiger partial charge in [-0.15, -0.1) is 0 Å². The van der Waals surface area contributed by atoms with Crippen LogP contribution in [-0.2, 0) is 4.79 Å². The highest BCUT2D eigenvalue weighted by molar-refractivity contribution is 5.70. The Morgan fingerprint density at radius 3 is 2.05 bits per heavy atom. The summed E-state index contributed by atoms with van der Waals surface area (Å²) in [4.78, 5) is 10.9. The van der Waals surface area contributed by atoms with Gasteiger partial charge in [0.15, 0.2) is 23.3 Å². The quantitative estimate of drug-likeness (QED) is 0.627. The van der Waals surface area contributed by atoms with Crippen molar-refractivity contribution >= 4 is 5.97 Å². The smallest absolute Gasteiger partial charge is 0.307 e. The molecule has 7 heteroatoms. The summed E-state index contributed by atoms with van der Waals surface area (Å²) in [5.41, 5.74) is 4.61. The van der Waals surface area contributed by atoms with Crippen LogP contribution < -0.4 is 5.73 Å². The number of halogens is 4. The van der Waals surface area contributed by atoms with Crippen LogP contribution >= 0.6 is 0 Å². The molecular formula is C14H17F4NO2. The number of hydrogen-bond acceptors (Lipinski definition) is 2. The third kappa shape index (κ3) is 3.72. The maximum atomic E-state index is 13.7. The first kappa shape index (κ1) is 17.4. The predicted molar refractivity (Wildman–Crippen MR) is 68.7 cm³/mol. The second kappa shape index (κ2) is 6.89. The maximum absolute atomic E-state index is 13.7. The zero-order valence-corrected chi connectivity index (χ0v) is 11.7. The molecule has 1 aromatic carbocycles. The van der Waals surface area contributed by atoms with Gasteiger partial charge in [-0.05, 0) is 18.3 Å². The zero-order chi connectivity index (χ0) is 16.3. The minimum atomic E-state index is -1.48. The molecule has 0 saturated carbocycles. The summed E-state index contributed by atoms with van der Waals surface area (Å²) in [7, 11) is 0. The van der Waals surface area contributed by atoms with Gasteiger partial charge in [-0.25, -0.2) is 17.6 Å². The van der Waals surface area contributed by atoms with Crippen LogP contribution in [-0.4, -0.2) is 17.6 Å². The Balaban J connectivity index is 3.08. The number of aliphatic carboxylic acids is 1. The van der Waals surface area contributed by atoms with Crippen molar-refractivity contribution in [1.82, 2.24) is 0 Å². The first-order chi connectivity index (χ1) is 9.70. The predicted octanol–water partition coefficient (Wildman–Crippen LogP) is 3.03. The van der Waals surface area contributed by atoms with Gasteiger partial charge in [0.25, 0.3) is 0 Å². The fourth-order valence-electron chi connectivity index (χ4n) is 2.23. The third-order valence-electron chi connectivity index (χ3n) is 3.74. The molecule has 3 atom stereocenters. The molecule has 0 heterocycles. The highest BCUT2D eigenvalue weighted by atomic mass is 19.2. The van der Waals surface area contributed by atoms with Crippen molar-refractivity contribution in [3.05, 3.63) is 34.9 Å². The molecule has 3 nitrogen and oxygen atoms in total. The minimum absolute atomic E-state index is 0.0456. The lowest BCUT2D eigenvalue weighted by atomic mass is 9.82. The normalized spacial score (nSPS) is 15.6. The highest BCUT2D eigenvalue weighted by Crippen LogP contribution is 2.34. The molecule has 0 aromatic heterocycles. The molecule has 0 amide bonds. The SMILES string of the molecule is CC(CC(CN)C(=O)O)C(C)c1c(F)c(F)cc(F)c1F. The largest absolute Gasteiger partial charge is 0.481 e. The monoisotopic (exact) mass is 307 g/mol. The van der Waals surface area contributed by atoms with E-state index in [2.05, 4.69) is 0 Å². The minimum Gasteiger partial charge on any atom is -0.481 e. The van der Waals surface area contributed by atoms with E-state index in [-0.39, 0.29) is 19.0 Å². The van der Waals surface area contributed by atoms with Crippen molar-refractivity contribution in [2.24, 2.45) is 17.6 Å². The van der Waals surface area contributed by atoms with Gasteiger partial charge in [-0.1, -0.05) is 13.8 Å². The molecule has 0 aliphatic rings. The molecule has 0 bridgehead atoms. The average molecular weight is 307 g/mol. The lowest BCUT2D eigenvalue weighted by Crippen LogP contribution is -2.27. The van der Waals surface area contributed by atoms with Gasteiger partial charge in [-0.2, -0.15) is 0 Å². The van der Waals surface area contributed by atoms with E-state index in [0.717, 1.165) is 0 Å². The summed E-state index contributed by atoms with van der Waals surface area (Å²) in [6, 6.07) is 0.144. The Morgan fingerprint density at radius 2 is 1.67 bits per heavy atom. The Bertz CT molecular complexity index is 510. The number of benzene rings is 1. The molecule has 3 N–H and O–H groups in total. The standard InChI is InChI=1S/C14H17F4NO2/c1-6(3-8(5-19)14(20)21)7(2)11-12(17)9(15)4-10(16)13(11)18/h4,6-8H,3,5,19H2,1-2H3,(H,20,21). The number of carboxylic acids is 1. The number of carbonyl (C=O) groups is 1. The summed E-state index contributed by atoms with van der Waals surface area (Å²) in [5.74, 6) is -9.28. The zero-order valence-electron chi connectivity index (χ0n) is 11.7. The van der Waals surface area contributed by atoms with Crippen molar-refractivity contribution in [2.45, 2.75) is 26.2 Å². The lowest BCUT2D eigenvalue weighted by molar-refractivity contribution is -0.142. The number of carboxylic acid groups (broad SMARTS) is 1. The van der Waals surface area contributed by atoms with E-state index >= 15 is 0 Å². The molecule has 1 rings (SSSR count). The molecule has 1 aromatic rings. The van der Waals surface area contributed by atoms with Crippen molar-refractivity contribution < 1.29 is 27.5 Å². The van der Waals surface area contributed by atoms with Crippen molar-refractivity contribution in [3.8, 4) is 0 Å². The molecule has 118 valence electrons. The molecule has 3 unspecified atom stereocenters. The summed E-state index contributed by atoms with van der Waals surface area (Å²) < 4.78 is 53.8. The summed E-state index contributed by atoms with van der Waals surface area (Å²) in [5, 5.41) is 8.92. The van der Waals surface area contributed by atoms with E-state index in [1.54, 1.807) is 6.92 Å². The van der Waals surface area contributed by atoms with Gasteiger partial charge in [-0.3, -0.25) is 4.79 Å². The number of rotatable bonds is 6. The second-order valence-corrected chi connectivity index (χ2v) is 5.15. The molecule has 0 saturated heterocycles. The second-order valence-electron chi connectivity index (χ2n) is 5.15. The fourth-order valence-corrected chi connectivity index (χ4v) is 2.23. The van der Waals surface area contributed by atoms with E-state index in [0.29, 0.717) is 0 Å². The van der Waals surface area contributed by atoms with Crippen molar-refractivity contribution in [3.63, 3.8) is 0 Å². The summed E-state index contributed by atoms with van der Waals surface area (Å²) in [6.07, 6.45) is 0.0456. The van der Waals surface area contributed by atoms with Crippen LogP contribution in [0.1, 0.15) is 31.7 Å². The Morgan fingerprint density at radius 1 is 1.19 bits per heavy atom. The molecule has 0 aliphatic heterocycles. The molecule has 21 heavy (non-hydrogen) atoms. The van der Waals surface area contributed by atoms with Gasteiger partial charge in [0, 0.05) is 18.2 Å². The Kier molecular flexibility index (Phi) is 5.71. The molecule has 0 aliphatic carbocycles. The molecule has 0 radical (unpaired) electrons. The molecule has 0 spiro atoms. The maximum Gasteiger partial charge on any atom is 0.307 e. The van der Waals surface area contributed by atoms with Gasteiger partial charge < -0.3 is 10.8 Å². The molecular weight excluding hydrogens is 290 g/mol. The first-order valence-corrected chi connectivity index (χ1v) is 6.46. The molecule has 0 fully saturated rings. The summed E-state index contributed by atoms with van der Waals surface area (Å²) >= 11 is 0. The first-order valence-electron chi connectivity index (χ1n) is 6.46. The van der Waals surface area contributed by atoms with Crippen molar-refractivity contribution in [1.29, 1.82) is 0 Å². The van der Waals surface area contributed by atoms with Gasteiger partial charge in [0.1, 0.15) is 0 Å². The lowest BCUT2D eigenvalue weighted by Gasteiger charge is -2.24. The van der Waals surface area contributed by atoms with Crippen LogP contribution in [0.3, 0.4) is 0 Å². The van der Waals surface area contributed by atoms with E-state index in [4.69, 9.17) is 10.8 Å². The Hall–Kier alpha value is -1.63. The van der Waals surface area contributed by atoms with Crippen LogP contribution in [0.15, 0.2) is 6.07 Å². The van der Waals surface area contributed by atoms with E-state index < -0.39 is 52.6 Å². The van der Waals surface area contributed by atoms with Gasteiger partial charge >= 0.3 is 5.97 Å². The van der Waals surface area contributed by atoms with Crippen LogP contribution in [0, 0.1) is 35.1 Å². The number of hydrogen-bond donors (Lipinski definition) is 2. The Labute approximate surface area is 119 Å². The van der Waals surface area contributed by atoms with Gasteiger partial charge in [0.2, 0.25) is 0 Å². The topological polar surface area (TPSA) is 63.3 Å². The van der Waals surface area contributed by atoms with Crippen LogP contribution in [0.25, 0.3) is 0 Å². The van der Waals surface area contributed by atoms with Crippen molar-refractivity contribution in [2.75, 3.05) is 6.54 Å². The summed E-state index contributed by atoms with van der Waals surface area (Å²) in [6.45, 7) is 2.81. The average Bonchev–Trinajstić information content (AvgIpc) is 2.42. The fraction of sp³-hybridized carbons (Fsp3) is 0.500. The van der Waals surface area contributed by atoms with Crippen LogP contribution in [0.2, 0.25) is 0 Å². The van der Waals surface area contributed by atoms with Crippen LogP contribution in [0.5, 0.6) is 0 Å². The highest BCUT2D eigenvalue weighted by Gasteiger charge is 2.29. The van der Waals surface area contributed by atoms with Crippen LogP contribution in [0.4, 0.5) is 17.6 Å². The number of nitrogens with two attached hydrogens (primary N) is 1. The van der Waals surface area contributed by atoms with E-state index in [1.165, 1.54) is 6.92 Å². The van der Waals surface area contributed by atoms with E-state index in [1.807, 2.05) is 0 Å². The van der Waals surface area contributed by atoms with Gasteiger partial charge in [0.05, 0.1) is 5.92 Å².